The van der Waals surface area contributed by atoms with Crippen molar-refractivity contribution in [1.82, 2.24) is 5.32 Å². The average Bonchev–Trinajstić information content (AvgIpc) is 3.00. The fraction of sp³-hybridized carbons (Fsp3) is 0.647. The molecule has 4 unspecified atom stereocenters. The Morgan fingerprint density at radius 1 is 1.35 bits per heavy atom. The van der Waals surface area contributed by atoms with Crippen molar-refractivity contribution in [3.63, 3.8) is 0 Å². The largest absolute Gasteiger partial charge is 0.310 e. The lowest BCUT2D eigenvalue weighted by Crippen LogP contribution is -2.25. The molecule has 1 nitrogen and oxygen atoms in total. The van der Waals surface area contributed by atoms with Crippen LogP contribution in [0.4, 0.5) is 0 Å². The first kappa shape index (κ1) is 14.9. The van der Waals surface area contributed by atoms with E-state index in [-0.39, 0.29) is 0 Å². The summed E-state index contributed by atoms with van der Waals surface area (Å²) in [4.78, 5) is 0. The van der Waals surface area contributed by atoms with Crippen LogP contribution in [-0.4, -0.2) is 6.54 Å². The van der Waals surface area contributed by atoms with Crippen molar-refractivity contribution < 1.29 is 0 Å². The molecule has 3 rings (SSSR count). The summed E-state index contributed by atoms with van der Waals surface area (Å²) >= 11 is 9.75. The summed E-state index contributed by atoms with van der Waals surface area (Å²) in [7, 11) is 0. The Morgan fingerprint density at radius 2 is 2.20 bits per heavy atom. The molecule has 2 aliphatic rings. The van der Waals surface area contributed by atoms with Gasteiger partial charge in [0.15, 0.2) is 0 Å². The highest BCUT2D eigenvalue weighted by molar-refractivity contribution is 9.10. The number of hydrogen-bond acceptors (Lipinski definition) is 1. The molecule has 1 N–H and O–H groups in total. The van der Waals surface area contributed by atoms with E-state index in [1.807, 2.05) is 12.1 Å². The van der Waals surface area contributed by atoms with Gasteiger partial charge >= 0.3 is 0 Å². The minimum Gasteiger partial charge on any atom is -0.310 e. The Bertz CT molecular complexity index is 476. The van der Waals surface area contributed by atoms with Crippen LogP contribution in [0.2, 0.25) is 5.02 Å². The molecule has 1 aromatic rings. The molecule has 0 heterocycles. The van der Waals surface area contributed by atoms with Crippen LogP contribution >= 0.6 is 27.5 Å². The van der Waals surface area contributed by atoms with Crippen molar-refractivity contribution in [2.45, 2.75) is 45.1 Å². The third kappa shape index (κ3) is 3.08. The van der Waals surface area contributed by atoms with Crippen LogP contribution in [0, 0.1) is 17.8 Å². The molecule has 2 fully saturated rings. The van der Waals surface area contributed by atoms with E-state index < -0.39 is 0 Å². The smallest absolute Gasteiger partial charge is 0.0417 e. The summed E-state index contributed by atoms with van der Waals surface area (Å²) < 4.78 is 1.14. The van der Waals surface area contributed by atoms with Crippen molar-refractivity contribution in [3.05, 3.63) is 33.3 Å². The fourth-order valence-corrected chi connectivity index (χ4v) is 5.28. The van der Waals surface area contributed by atoms with Crippen LogP contribution < -0.4 is 5.32 Å². The first-order valence-electron chi connectivity index (χ1n) is 7.85. The van der Waals surface area contributed by atoms with Crippen molar-refractivity contribution in [3.8, 4) is 0 Å². The fourth-order valence-electron chi connectivity index (χ4n) is 4.32. The predicted molar refractivity (Wildman–Crippen MR) is 89.1 cm³/mol. The second kappa shape index (κ2) is 6.37. The summed E-state index contributed by atoms with van der Waals surface area (Å²) in [5.41, 5.74) is 1.36. The molecule has 4 atom stereocenters. The molecular formula is C17H23BrClN. The molecule has 0 amide bonds. The predicted octanol–water partition coefficient (Wildman–Crippen LogP) is 5.58. The maximum absolute atomic E-state index is 6.07. The number of benzene rings is 1. The van der Waals surface area contributed by atoms with E-state index in [4.69, 9.17) is 11.6 Å². The lowest BCUT2D eigenvalue weighted by Gasteiger charge is -2.28. The first-order chi connectivity index (χ1) is 9.67. The molecule has 0 saturated heterocycles. The molecule has 20 heavy (non-hydrogen) atoms. The van der Waals surface area contributed by atoms with Crippen LogP contribution in [0.5, 0.6) is 0 Å². The lowest BCUT2D eigenvalue weighted by atomic mass is 9.83. The third-order valence-corrected chi connectivity index (χ3v) is 6.13. The summed E-state index contributed by atoms with van der Waals surface area (Å²) in [5, 5.41) is 4.47. The van der Waals surface area contributed by atoms with Gasteiger partial charge in [-0.05, 0) is 67.7 Å². The highest BCUT2D eigenvalue weighted by atomic mass is 79.9. The van der Waals surface area contributed by atoms with E-state index >= 15 is 0 Å². The van der Waals surface area contributed by atoms with Gasteiger partial charge in [-0.1, -0.05) is 46.9 Å². The summed E-state index contributed by atoms with van der Waals surface area (Å²) in [6.07, 6.45) is 7.17. The zero-order valence-corrected chi connectivity index (χ0v) is 14.4. The molecule has 0 radical (unpaired) electrons. The van der Waals surface area contributed by atoms with E-state index in [0.29, 0.717) is 6.04 Å². The zero-order chi connectivity index (χ0) is 14.1. The average molecular weight is 357 g/mol. The molecule has 0 aliphatic heterocycles. The van der Waals surface area contributed by atoms with Gasteiger partial charge in [0.1, 0.15) is 0 Å². The summed E-state index contributed by atoms with van der Waals surface area (Å²) in [6.45, 7) is 3.21. The second-order valence-corrected chi connectivity index (χ2v) is 7.74. The number of halogens is 2. The molecule has 110 valence electrons. The van der Waals surface area contributed by atoms with Crippen molar-refractivity contribution in [2.75, 3.05) is 6.54 Å². The maximum Gasteiger partial charge on any atom is 0.0417 e. The van der Waals surface area contributed by atoms with Crippen LogP contribution in [-0.2, 0) is 0 Å². The summed E-state index contributed by atoms with van der Waals surface area (Å²) in [6, 6.07) is 6.65. The zero-order valence-electron chi connectivity index (χ0n) is 12.0. The molecule has 3 heteroatoms. The molecular weight excluding hydrogens is 334 g/mol. The van der Waals surface area contributed by atoms with E-state index in [2.05, 4.69) is 34.2 Å². The summed E-state index contributed by atoms with van der Waals surface area (Å²) in [5.74, 6) is 2.94. The monoisotopic (exact) mass is 355 g/mol. The maximum atomic E-state index is 6.07. The van der Waals surface area contributed by atoms with Gasteiger partial charge in [-0.2, -0.15) is 0 Å². The number of fused-ring (bicyclic) bond motifs is 2. The first-order valence-corrected chi connectivity index (χ1v) is 9.02. The van der Waals surface area contributed by atoms with Gasteiger partial charge in [0.05, 0.1) is 0 Å². The number of hydrogen-bond donors (Lipinski definition) is 1. The normalized spacial score (nSPS) is 29.9. The molecule has 2 aliphatic carbocycles. The van der Waals surface area contributed by atoms with Gasteiger partial charge in [0, 0.05) is 15.5 Å². The van der Waals surface area contributed by atoms with Crippen LogP contribution in [0.25, 0.3) is 0 Å². The van der Waals surface area contributed by atoms with E-state index in [0.717, 1.165) is 33.8 Å². The van der Waals surface area contributed by atoms with E-state index in [9.17, 15) is 0 Å². The Labute approximate surface area is 135 Å². The van der Waals surface area contributed by atoms with Crippen molar-refractivity contribution in [1.29, 1.82) is 0 Å². The Hall–Kier alpha value is -0.0500. The SMILES string of the molecule is CCNC(CC1CC2CCC1C2)c1ccc(Cl)cc1Br. The van der Waals surface area contributed by atoms with Gasteiger partial charge in [-0.25, -0.2) is 0 Å². The van der Waals surface area contributed by atoms with Gasteiger partial charge < -0.3 is 5.32 Å². The second-order valence-electron chi connectivity index (χ2n) is 6.45. The van der Waals surface area contributed by atoms with E-state index in [1.54, 1.807) is 0 Å². The molecule has 0 aromatic heterocycles. The van der Waals surface area contributed by atoms with E-state index in [1.165, 1.54) is 37.7 Å². The highest BCUT2D eigenvalue weighted by Gasteiger charge is 2.40. The number of rotatable bonds is 5. The van der Waals surface area contributed by atoms with Gasteiger partial charge in [0.2, 0.25) is 0 Å². The Balaban J connectivity index is 1.75. The topological polar surface area (TPSA) is 12.0 Å². The molecule has 2 saturated carbocycles. The molecule has 2 bridgehead atoms. The quantitative estimate of drug-likeness (QED) is 0.726. The number of nitrogens with one attached hydrogen (secondary N) is 1. The van der Waals surface area contributed by atoms with Crippen molar-refractivity contribution >= 4 is 27.5 Å². The molecule has 0 spiro atoms. The van der Waals surface area contributed by atoms with Crippen LogP contribution in [0.15, 0.2) is 22.7 Å². The Kier molecular flexibility index (Phi) is 4.74. The molecule has 1 aromatic carbocycles. The van der Waals surface area contributed by atoms with Crippen molar-refractivity contribution in [2.24, 2.45) is 17.8 Å². The highest BCUT2D eigenvalue weighted by Crippen LogP contribution is 2.51. The third-order valence-electron chi connectivity index (χ3n) is 5.21. The van der Waals surface area contributed by atoms with Gasteiger partial charge in [-0.3, -0.25) is 0 Å². The lowest BCUT2D eigenvalue weighted by molar-refractivity contribution is 0.280. The Morgan fingerprint density at radius 3 is 2.80 bits per heavy atom. The van der Waals surface area contributed by atoms with Crippen LogP contribution in [0.3, 0.4) is 0 Å². The minimum atomic E-state index is 0.455. The van der Waals surface area contributed by atoms with Crippen LogP contribution in [0.1, 0.15) is 50.6 Å². The standard InChI is InChI=1S/C17H23BrClN/c1-2-20-17(15-6-5-14(19)10-16(15)18)9-13-8-11-3-4-12(13)7-11/h5-6,10-13,17,20H,2-4,7-9H2,1H3. The van der Waals surface area contributed by atoms with Gasteiger partial charge in [-0.15, -0.1) is 0 Å². The van der Waals surface area contributed by atoms with Gasteiger partial charge in [0.25, 0.3) is 0 Å². The minimum absolute atomic E-state index is 0.455.